The van der Waals surface area contributed by atoms with Crippen LogP contribution in [0.3, 0.4) is 0 Å². The number of thioether (sulfide) groups is 1. The number of thiazole rings is 1. The van der Waals surface area contributed by atoms with Crippen molar-refractivity contribution >= 4 is 45.7 Å². The number of nitrogens with zero attached hydrogens (tertiary/aromatic N) is 1. The zero-order valence-corrected chi connectivity index (χ0v) is 15.0. The lowest BCUT2D eigenvalue weighted by Crippen LogP contribution is -2.13. The molecule has 124 valence electrons. The van der Waals surface area contributed by atoms with Crippen molar-refractivity contribution in [3.8, 4) is 0 Å². The maximum absolute atomic E-state index is 12.8. The number of hydrogen-bond acceptors (Lipinski definition) is 5. The van der Waals surface area contributed by atoms with Crippen molar-refractivity contribution in [1.29, 1.82) is 0 Å². The summed E-state index contributed by atoms with van der Waals surface area (Å²) in [4.78, 5) is 32.3. The van der Waals surface area contributed by atoms with Gasteiger partial charge in [-0.3, -0.25) is 9.59 Å². The minimum atomic E-state index is -0.374. The number of primary amides is 1. The molecule has 24 heavy (non-hydrogen) atoms. The van der Waals surface area contributed by atoms with Gasteiger partial charge in [-0.1, -0.05) is 30.0 Å². The Morgan fingerprint density at radius 3 is 2.88 bits per heavy atom. The van der Waals surface area contributed by atoms with Gasteiger partial charge in [0.1, 0.15) is 0 Å². The van der Waals surface area contributed by atoms with Gasteiger partial charge in [0.25, 0.3) is 0 Å². The molecule has 0 aliphatic heterocycles. The van der Waals surface area contributed by atoms with Crippen LogP contribution in [-0.2, 0) is 11.2 Å². The second kappa shape index (κ2) is 6.78. The first-order valence-electron chi connectivity index (χ1n) is 7.47. The maximum atomic E-state index is 12.8. The van der Waals surface area contributed by atoms with E-state index in [4.69, 9.17) is 5.73 Å². The number of para-hydroxylation sites is 1. The first-order valence-corrected chi connectivity index (χ1v) is 9.17. The number of ketones is 1. The predicted octanol–water partition coefficient (Wildman–Crippen LogP) is 3.32. The summed E-state index contributed by atoms with van der Waals surface area (Å²) in [6, 6.07) is 7.74. The van der Waals surface area contributed by atoms with E-state index in [-0.39, 0.29) is 23.4 Å². The van der Waals surface area contributed by atoms with Gasteiger partial charge in [-0.15, -0.1) is 11.3 Å². The van der Waals surface area contributed by atoms with Crippen LogP contribution < -0.4 is 5.73 Å². The Kier molecular flexibility index (Phi) is 4.73. The predicted molar refractivity (Wildman–Crippen MR) is 97.7 cm³/mol. The molecule has 0 aliphatic rings. The van der Waals surface area contributed by atoms with Crippen LogP contribution in [0.15, 0.2) is 34.8 Å². The number of hydrogen-bond donors (Lipinski definition) is 2. The van der Waals surface area contributed by atoms with E-state index in [2.05, 4.69) is 9.97 Å². The molecule has 5 nitrogen and oxygen atoms in total. The average molecular weight is 359 g/mol. The van der Waals surface area contributed by atoms with Crippen molar-refractivity contribution in [3.63, 3.8) is 0 Å². The van der Waals surface area contributed by atoms with Gasteiger partial charge < -0.3 is 10.7 Å². The molecule has 0 radical (unpaired) electrons. The van der Waals surface area contributed by atoms with Gasteiger partial charge in [0.15, 0.2) is 10.1 Å². The van der Waals surface area contributed by atoms with Crippen molar-refractivity contribution in [1.82, 2.24) is 9.97 Å². The molecule has 1 atom stereocenters. The number of carbonyl (C=O) groups excluding carboxylic acids is 2. The molecule has 0 saturated heterocycles. The molecule has 0 aliphatic carbocycles. The van der Waals surface area contributed by atoms with Crippen LogP contribution in [0.1, 0.15) is 27.9 Å². The van der Waals surface area contributed by atoms with Crippen molar-refractivity contribution in [2.45, 2.75) is 29.9 Å². The van der Waals surface area contributed by atoms with E-state index in [9.17, 15) is 9.59 Å². The number of amides is 1. The Morgan fingerprint density at radius 2 is 2.12 bits per heavy atom. The van der Waals surface area contributed by atoms with Gasteiger partial charge in [-0.2, -0.15) is 0 Å². The van der Waals surface area contributed by atoms with Crippen molar-refractivity contribution < 1.29 is 9.59 Å². The van der Waals surface area contributed by atoms with E-state index >= 15 is 0 Å². The van der Waals surface area contributed by atoms with Gasteiger partial charge >= 0.3 is 0 Å². The first kappa shape index (κ1) is 16.7. The number of aryl methyl sites for hydroxylation is 1. The Balaban J connectivity index is 1.78. The average Bonchev–Trinajstić information content (AvgIpc) is 3.10. The number of H-pyrrole nitrogens is 1. The number of aromatic nitrogens is 2. The summed E-state index contributed by atoms with van der Waals surface area (Å²) in [5.74, 6) is -0.317. The zero-order chi connectivity index (χ0) is 17.3. The van der Waals surface area contributed by atoms with Crippen LogP contribution in [0, 0.1) is 6.92 Å². The SMILES string of the molecule is Cc1nc(SC(C)C(=O)c2c[nH]c3ccccc23)sc1CC(N)=O. The lowest BCUT2D eigenvalue weighted by Gasteiger charge is -2.07. The highest BCUT2D eigenvalue weighted by Crippen LogP contribution is 2.32. The van der Waals surface area contributed by atoms with Gasteiger partial charge in [0.2, 0.25) is 5.91 Å². The zero-order valence-electron chi connectivity index (χ0n) is 13.3. The van der Waals surface area contributed by atoms with E-state index in [0.29, 0.717) is 5.56 Å². The lowest BCUT2D eigenvalue weighted by atomic mass is 10.1. The number of fused-ring (bicyclic) bond motifs is 1. The highest BCUT2D eigenvalue weighted by molar-refractivity contribution is 8.02. The summed E-state index contributed by atoms with van der Waals surface area (Å²) in [6.45, 7) is 3.73. The summed E-state index contributed by atoms with van der Waals surface area (Å²) in [5.41, 5.74) is 7.69. The molecular weight excluding hydrogens is 342 g/mol. The normalized spacial score (nSPS) is 12.4. The molecule has 7 heteroatoms. The van der Waals surface area contributed by atoms with E-state index in [1.54, 1.807) is 6.20 Å². The van der Waals surface area contributed by atoms with E-state index in [0.717, 1.165) is 25.8 Å². The van der Waals surface area contributed by atoms with Crippen LogP contribution in [0.2, 0.25) is 0 Å². The summed E-state index contributed by atoms with van der Waals surface area (Å²) in [7, 11) is 0. The lowest BCUT2D eigenvalue weighted by molar-refractivity contribution is -0.117. The van der Waals surface area contributed by atoms with Crippen LogP contribution in [0.4, 0.5) is 0 Å². The van der Waals surface area contributed by atoms with Crippen LogP contribution in [0.25, 0.3) is 10.9 Å². The van der Waals surface area contributed by atoms with Crippen LogP contribution in [0.5, 0.6) is 0 Å². The number of aromatic amines is 1. The molecule has 3 N–H and O–H groups in total. The molecule has 1 aromatic carbocycles. The third-order valence-electron chi connectivity index (χ3n) is 3.71. The number of Topliss-reactive ketones (excluding diaryl/α,β-unsaturated/α-hetero) is 1. The Bertz CT molecular complexity index is 914. The van der Waals surface area contributed by atoms with Gasteiger partial charge in [-0.05, 0) is 19.9 Å². The number of rotatable bonds is 6. The largest absolute Gasteiger partial charge is 0.369 e. The van der Waals surface area contributed by atoms with Crippen LogP contribution in [-0.4, -0.2) is 26.9 Å². The molecule has 3 aromatic rings. The summed E-state index contributed by atoms with van der Waals surface area (Å²) in [6.07, 6.45) is 1.95. The molecule has 0 bridgehead atoms. The van der Waals surface area contributed by atoms with Gasteiger partial charge in [0, 0.05) is 27.5 Å². The monoisotopic (exact) mass is 359 g/mol. The van der Waals surface area contributed by atoms with Crippen molar-refractivity contribution in [2.24, 2.45) is 5.73 Å². The first-order chi connectivity index (χ1) is 11.5. The number of carbonyl (C=O) groups is 2. The number of nitrogens with one attached hydrogen (secondary N) is 1. The number of benzene rings is 1. The highest BCUT2D eigenvalue weighted by Gasteiger charge is 2.21. The van der Waals surface area contributed by atoms with Crippen molar-refractivity contribution in [3.05, 3.63) is 46.6 Å². The smallest absolute Gasteiger partial charge is 0.222 e. The third-order valence-corrected chi connectivity index (χ3v) is 6.06. The molecule has 0 spiro atoms. The summed E-state index contributed by atoms with van der Waals surface area (Å²) in [5, 5.41) is 0.663. The van der Waals surface area contributed by atoms with Gasteiger partial charge in [-0.25, -0.2) is 4.98 Å². The van der Waals surface area contributed by atoms with E-state index in [1.165, 1.54) is 23.1 Å². The van der Waals surface area contributed by atoms with Gasteiger partial charge in [0.05, 0.1) is 17.4 Å². The van der Waals surface area contributed by atoms with Crippen LogP contribution >= 0.6 is 23.1 Å². The fourth-order valence-electron chi connectivity index (χ4n) is 2.47. The molecule has 2 aromatic heterocycles. The number of nitrogens with two attached hydrogens (primary N) is 1. The summed E-state index contributed by atoms with van der Waals surface area (Å²) < 4.78 is 0.782. The molecule has 2 heterocycles. The molecular formula is C17H17N3O2S2. The minimum Gasteiger partial charge on any atom is -0.369 e. The minimum absolute atomic E-state index is 0.0572. The Labute approximate surface area is 147 Å². The molecule has 0 fully saturated rings. The topological polar surface area (TPSA) is 88.8 Å². The maximum Gasteiger partial charge on any atom is 0.222 e. The van der Waals surface area contributed by atoms with E-state index in [1.807, 2.05) is 38.1 Å². The van der Waals surface area contributed by atoms with Crippen molar-refractivity contribution in [2.75, 3.05) is 0 Å². The quantitative estimate of drug-likeness (QED) is 0.522. The fourth-order valence-corrected chi connectivity index (χ4v) is 4.93. The van der Waals surface area contributed by atoms with E-state index < -0.39 is 0 Å². The molecule has 0 saturated carbocycles. The Morgan fingerprint density at radius 1 is 1.38 bits per heavy atom. The highest BCUT2D eigenvalue weighted by atomic mass is 32.2. The second-order valence-corrected chi connectivity index (χ2v) is 8.18. The third kappa shape index (κ3) is 3.37. The molecule has 1 amide bonds. The second-order valence-electron chi connectivity index (χ2n) is 5.50. The fraction of sp³-hybridized carbons (Fsp3) is 0.235. The molecule has 1 unspecified atom stereocenters. The summed E-state index contributed by atoms with van der Waals surface area (Å²) >= 11 is 2.84. The molecule has 3 rings (SSSR count). The Hall–Kier alpha value is -2.12. The standard InChI is InChI=1S/C17H17N3O2S2/c1-9-14(7-15(18)21)24-17(20-9)23-10(2)16(22)12-8-19-13-6-4-3-5-11(12)13/h3-6,8,10,19H,7H2,1-2H3,(H2,18,21).